The number of hydrogen-bond donors (Lipinski definition) is 1. The lowest BCUT2D eigenvalue weighted by Gasteiger charge is -2.43. The molecule has 2 aromatic rings. The Kier molecular flexibility index (Phi) is 5.04. The van der Waals surface area contributed by atoms with Crippen LogP contribution in [0.5, 0.6) is 0 Å². The van der Waals surface area contributed by atoms with Gasteiger partial charge in [0.25, 0.3) is 5.91 Å². The van der Waals surface area contributed by atoms with Gasteiger partial charge in [0.05, 0.1) is 23.1 Å². The number of para-hydroxylation sites is 1. The summed E-state index contributed by atoms with van der Waals surface area (Å²) < 4.78 is 1.95. The highest BCUT2D eigenvalue weighted by atomic mass is 16.1. The van der Waals surface area contributed by atoms with Crippen molar-refractivity contribution in [3.63, 3.8) is 0 Å². The van der Waals surface area contributed by atoms with E-state index in [1.165, 1.54) is 19.3 Å². The summed E-state index contributed by atoms with van der Waals surface area (Å²) in [5.74, 6) is 0.469. The molecule has 1 aromatic heterocycles. The van der Waals surface area contributed by atoms with E-state index in [2.05, 4.69) is 29.4 Å². The van der Waals surface area contributed by atoms with E-state index in [0.717, 1.165) is 42.6 Å². The smallest absolute Gasteiger partial charge is 0.254 e. The highest BCUT2D eigenvalue weighted by molar-refractivity contribution is 5.95. The molecule has 2 fully saturated rings. The van der Waals surface area contributed by atoms with Gasteiger partial charge in [-0.15, -0.1) is 0 Å². The van der Waals surface area contributed by atoms with Crippen LogP contribution in [0.2, 0.25) is 0 Å². The van der Waals surface area contributed by atoms with E-state index in [9.17, 15) is 4.79 Å². The third-order valence-electron chi connectivity index (χ3n) is 6.33. The van der Waals surface area contributed by atoms with Crippen molar-refractivity contribution in [3.05, 3.63) is 47.8 Å². The molecule has 2 aliphatic carbocycles. The number of aromatic nitrogens is 2. The summed E-state index contributed by atoms with van der Waals surface area (Å²) in [5, 5.41) is 7.81. The third kappa shape index (κ3) is 3.65. The van der Waals surface area contributed by atoms with Gasteiger partial charge in [0.15, 0.2) is 0 Å². The molecule has 1 amide bonds. The van der Waals surface area contributed by atoms with Crippen LogP contribution in [0.3, 0.4) is 0 Å². The van der Waals surface area contributed by atoms with Gasteiger partial charge in [-0.2, -0.15) is 5.10 Å². The molecule has 0 bridgehead atoms. The maximum atomic E-state index is 13.1. The molecule has 1 heterocycles. The fraction of sp³-hybridized carbons (Fsp3) is 0.545. The van der Waals surface area contributed by atoms with Crippen LogP contribution in [0.15, 0.2) is 36.5 Å². The third-order valence-corrected chi connectivity index (χ3v) is 6.33. The van der Waals surface area contributed by atoms with E-state index in [1.807, 2.05) is 35.0 Å². The Hall–Kier alpha value is -2.14. The van der Waals surface area contributed by atoms with E-state index >= 15 is 0 Å². The molecule has 0 aliphatic heterocycles. The van der Waals surface area contributed by atoms with E-state index in [4.69, 9.17) is 0 Å². The number of hydrogen-bond acceptors (Lipinski definition) is 3. The van der Waals surface area contributed by atoms with Gasteiger partial charge in [-0.05, 0) is 51.9 Å². The van der Waals surface area contributed by atoms with Crippen molar-refractivity contribution in [2.75, 3.05) is 20.6 Å². The standard InChI is InChI=1S/C22H30N4O/c1-25(2)22(13-7-4-8-14-22)16-23-21(27)19-15-24-26(20(19)17-11-12-17)18-9-5-3-6-10-18/h3,5-6,9-10,15,17H,4,7-8,11-14,16H2,1-2H3,(H,23,27). The molecule has 0 radical (unpaired) electrons. The Morgan fingerprint density at radius 1 is 1.19 bits per heavy atom. The zero-order valence-electron chi connectivity index (χ0n) is 16.4. The van der Waals surface area contributed by atoms with E-state index in [0.29, 0.717) is 12.5 Å². The van der Waals surface area contributed by atoms with Crippen LogP contribution < -0.4 is 5.32 Å². The van der Waals surface area contributed by atoms with Gasteiger partial charge in [-0.3, -0.25) is 4.79 Å². The number of amides is 1. The summed E-state index contributed by atoms with van der Waals surface area (Å²) >= 11 is 0. The maximum Gasteiger partial charge on any atom is 0.254 e. The number of nitrogens with zero attached hydrogens (tertiary/aromatic N) is 3. The molecular weight excluding hydrogens is 336 g/mol. The lowest BCUT2D eigenvalue weighted by atomic mass is 9.80. The molecule has 2 aliphatic rings. The Labute approximate surface area is 161 Å². The van der Waals surface area contributed by atoms with Crippen LogP contribution in [0.1, 0.15) is 66.9 Å². The van der Waals surface area contributed by atoms with Crippen LogP contribution in [0.25, 0.3) is 5.69 Å². The molecule has 0 saturated heterocycles. The fourth-order valence-electron chi connectivity index (χ4n) is 4.39. The normalized spacial score (nSPS) is 19.2. The Morgan fingerprint density at radius 3 is 2.52 bits per heavy atom. The molecule has 1 N–H and O–H groups in total. The average Bonchev–Trinajstić information content (AvgIpc) is 3.45. The predicted octanol–water partition coefficient (Wildman–Crippen LogP) is 3.74. The minimum Gasteiger partial charge on any atom is -0.350 e. The monoisotopic (exact) mass is 366 g/mol. The van der Waals surface area contributed by atoms with Crippen LogP contribution in [0.4, 0.5) is 0 Å². The van der Waals surface area contributed by atoms with E-state index < -0.39 is 0 Å². The van der Waals surface area contributed by atoms with Gasteiger partial charge in [-0.25, -0.2) is 4.68 Å². The first-order valence-corrected chi connectivity index (χ1v) is 10.2. The van der Waals surface area contributed by atoms with Gasteiger partial charge in [-0.1, -0.05) is 37.5 Å². The zero-order valence-corrected chi connectivity index (χ0v) is 16.4. The van der Waals surface area contributed by atoms with Gasteiger partial charge in [0, 0.05) is 18.0 Å². The van der Waals surface area contributed by atoms with Crippen LogP contribution in [0, 0.1) is 0 Å². The molecule has 2 saturated carbocycles. The summed E-state index contributed by atoms with van der Waals surface area (Å²) in [4.78, 5) is 15.4. The molecule has 5 heteroatoms. The van der Waals surface area contributed by atoms with Gasteiger partial charge in [0.1, 0.15) is 0 Å². The second kappa shape index (κ2) is 7.47. The summed E-state index contributed by atoms with van der Waals surface area (Å²) in [6.07, 6.45) is 10.1. The van der Waals surface area contributed by atoms with E-state index in [1.54, 1.807) is 6.20 Å². The van der Waals surface area contributed by atoms with Crippen molar-refractivity contribution in [3.8, 4) is 5.69 Å². The predicted molar refractivity (Wildman–Crippen MR) is 107 cm³/mol. The number of carbonyl (C=O) groups is 1. The van der Waals surface area contributed by atoms with E-state index in [-0.39, 0.29) is 11.4 Å². The second-order valence-corrected chi connectivity index (χ2v) is 8.33. The van der Waals surface area contributed by atoms with Gasteiger partial charge < -0.3 is 10.2 Å². The van der Waals surface area contributed by atoms with Gasteiger partial charge >= 0.3 is 0 Å². The van der Waals surface area contributed by atoms with Crippen molar-refractivity contribution >= 4 is 5.91 Å². The molecule has 4 rings (SSSR count). The molecule has 1 aromatic carbocycles. The van der Waals surface area contributed by atoms with Crippen LogP contribution >= 0.6 is 0 Å². The minimum absolute atomic E-state index is 0.0193. The molecule has 144 valence electrons. The van der Waals surface area contributed by atoms with Crippen molar-refractivity contribution < 1.29 is 4.79 Å². The molecule has 0 unspecified atom stereocenters. The topological polar surface area (TPSA) is 50.2 Å². The van der Waals surface area contributed by atoms with Crippen LogP contribution in [-0.2, 0) is 0 Å². The number of nitrogens with one attached hydrogen (secondary N) is 1. The number of rotatable bonds is 6. The Bertz CT molecular complexity index is 786. The average molecular weight is 367 g/mol. The molecular formula is C22H30N4O. The highest BCUT2D eigenvalue weighted by Gasteiger charge is 2.36. The first kappa shape index (κ1) is 18.2. The lowest BCUT2D eigenvalue weighted by molar-refractivity contribution is 0.0799. The molecule has 0 atom stereocenters. The number of likely N-dealkylation sites (N-methyl/N-ethyl adjacent to an activating group) is 1. The largest absolute Gasteiger partial charge is 0.350 e. The molecule has 0 spiro atoms. The summed E-state index contributed by atoms with van der Waals surface area (Å²) in [6.45, 7) is 0.708. The van der Waals surface area contributed by atoms with Crippen molar-refractivity contribution in [1.29, 1.82) is 0 Å². The van der Waals surface area contributed by atoms with Crippen molar-refractivity contribution in [2.24, 2.45) is 0 Å². The zero-order chi connectivity index (χ0) is 18.9. The summed E-state index contributed by atoms with van der Waals surface area (Å²) in [5.41, 5.74) is 2.92. The first-order chi connectivity index (χ1) is 13.1. The van der Waals surface area contributed by atoms with Crippen molar-refractivity contribution in [2.45, 2.75) is 56.4 Å². The SMILES string of the molecule is CN(C)C1(CNC(=O)c2cnn(-c3ccccc3)c2C2CC2)CCCCC1. The maximum absolute atomic E-state index is 13.1. The Balaban J connectivity index is 1.55. The summed E-state index contributed by atoms with van der Waals surface area (Å²) in [6, 6.07) is 10.1. The van der Waals surface area contributed by atoms with Crippen LogP contribution in [-0.4, -0.2) is 46.8 Å². The van der Waals surface area contributed by atoms with Gasteiger partial charge in [0.2, 0.25) is 0 Å². The quantitative estimate of drug-likeness (QED) is 0.847. The van der Waals surface area contributed by atoms with Crippen molar-refractivity contribution in [1.82, 2.24) is 20.0 Å². The number of benzene rings is 1. The molecule has 5 nitrogen and oxygen atoms in total. The highest BCUT2D eigenvalue weighted by Crippen LogP contribution is 2.42. The minimum atomic E-state index is 0.0193. The first-order valence-electron chi connectivity index (χ1n) is 10.2. The second-order valence-electron chi connectivity index (χ2n) is 8.33. The summed E-state index contributed by atoms with van der Waals surface area (Å²) in [7, 11) is 4.28. The lowest BCUT2D eigenvalue weighted by Crippen LogP contribution is -2.53. The number of carbonyl (C=O) groups excluding carboxylic acids is 1. The fourth-order valence-corrected chi connectivity index (χ4v) is 4.39. The molecule has 27 heavy (non-hydrogen) atoms. The Morgan fingerprint density at radius 2 is 1.89 bits per heavy atom.